The molecule has 3 fully saturated rings. The number of carbonyl (C=O) groups excluding carboxylic acids is 2. The number of aromatic nitrogens is 2. The second-order valence-corrected chi connectivity index (χ2v) is 10.8. The van der Waals surface area contributed by atoms with Gasteiger partial charge in [0.1, 0.15) is 23.1 Å². The average molecular weight is 540 g/mol. The van der Waals surface area contributed by atoms with Crippen molar-refractivity contribution in [1.82, 2.24) is 25.7 Å². The first-order valence-corrected chi connectivity index (χ1v) is 13.2. The maximum atomic E-state index is 14.5. The minimum atomic E-state index is -0.837. The summed E-state index contributed by atoms with van der Waals surface area (Å²) in [5.74, 6) is -2.82. The van der Waals surface area contributed by atoms with Crippen LogP contribution in [-0.4, -0.2) is 52.5 Å². The van der Waals surface area contributed by atoms with E-state index in [4.69, 9.17) is 4.52 Å². The highest BCUT2D eigenvalue weighted by atomic mass is 19.1. The van der Waals surface area contributed by atoms with Gasteiger partial charge in [0.25, 0.3) is 5.91 Å². The van der Waals surface area contributed by atoms with E-state index in [1.54, 1.807) is 0 Å². The van der Waals surface area contributed by atoms with Crippen LogP contribution in [0.2, 0.25) is 0 Å². The van der Waals surface area contributed by atoms with Crippen LogP contribution >= 0.6 is 0 Å². The molecule has 0 spiro atoms. The molecule has 1 saturated heterocycles. The summed E-state index contributed by atoms with van der Waals surface area (Å²) in [7, 11) is 0. The van der Waals surface area contributed by atoms with E-state index in [1.165, 1.54) is 43.3 Å². The van der Waals surface area contributed by atoms with E-state index in [-0.39, 0.29) is 28.6 Å². The number of nitrogens with one attached hydrogen (secondary N) is 2. The van der Waals surface area contributed by atoms with Crippen molar-refractivity contribution < 1.29 is 27.3 Å². The number of amides is 2. The number of pyridine rings is 1. The lowest BCUT2D eigenvalue weighted by molar-refractivity contribution is -0.128. The normalized spacial score (nSPS) is 22.3. The molecule has 1 aliphatic heterocycles. The van der Waals surface area contributed by atoms with Crippen molar-refractivity contribution in [1.29, 1.82) is 0 Å². The second-order valence-electron chi connectivity index (χ2n) is 10.8. The van der Waals surface area contributed by atoms with Gasteiger partial charge in [0.15, 0.2) is 11.5 Å². The standard InChI is InChI=1S/C28H28F3N5O3/c29-17-5-6-18(21(31)12-17)24-13-23(35-39-24)27(38)33-22-7-11-36(14-16-3-4-16)15-19(22)26(37)34-28(8-9-28)25-20(30)2-1-10-32-25/h1-2,5-6,10,12-13,16,19,22H,3-4,7-9,11,14-15H2,(H,33,38)(H,34,37)/t19-,22-/m0/s1. The van der Waals surface area contributed by atoms with Crippen LogP contribution in [0.4, 0.5) is 13.2 Å². The molecule has 0 radical (unpaired) electrons. The largest absolute Gasteiger partial charge is 0.355 e. The number of rotatable bonds is 8. The van der Waals surface area contributed by atoms with Crippen LogP contribution in [0.15, 0.2) is 47.1 Å². The number of halogens is 3. The van der Waals surface area contributed by atoms with Gasteiger partial charge in [-0.2, -0.15) is 0 Å². The van der Waals surface area contributed by atoms with E-state index in [0.29, 0.717) is 31.7 Å². The van der Waals surface area contributed by atoms with Gasteiger partial charge in [0, 0.05) is 44.0 Å². The molecule has 3 aliphatic rings. The number of carbonyl (C=O) groups is 2. The Morgan fingerprint density at radius 1 is 1.08 bits per heavy atom. The highest BCUT2D eigenvalue weighted by Crippen LogP contribution is 2.46. The molecular formula is C28H28F3N5O3. The van der Waals surface area contributed by atoms with Gasteiger partial charge < -0.3 is 20.1 Å². The third-order valence-electron chi connectivity index (χ3n) is 7.83. The molecule has 39 heavy (non-hydrogen) atoms. The monoisotopic (exact) mass is 539 g/mol. The number of likely N-dealkylation sites (tertiary alicyclic amines) is 1. The van der Waals surface area contributed by atoms with Gasteiger partial charge in [-0.1, -0.05) is 5.16 Å². The summed E-state index contributed by atoms with van der Waals surface area (Å²) in [6, 6.07) is 6.65. The lowest BCUT2D eigenvalue weighted by atomic mass is 9.90. The highest BCUT2D eigenvalue weighted by Gasteiger charge is 2.50. The van der Waals surface area contributed by atoms with Gasteiger partial charge in [-0.25, -0.2) is 13.2 Å². The molecule has 2 atom stereocenters. The van der Waals surface area contributed by atoms with Crippen LogP contribution in [0.5, 0.6) is 0 Å². The third-order valence-corrected chi connectivity index (χ3v) is 7.83. The quantitative estimate of drug-likeness (QED) is 0.452. The Balaban J connectivity index is 1.18. The zero-order valence-corrected chi connectivity index (χ0v) is 21.1. The third kappa shape index (κ3) is 5.40. The van der Waals surface area contributed by atoms with Crippen LogP contribution in [0.3, 0.4) is 0 Å². The van der Waals surface area contributed by atoms with Gasteiger partial charge >= 0.3 is 0 Å². The van der Waals surface area contributed by atoms with Gasteiger partial charge in [-0.3, -0.25) is 14.6 Å². The summed E-state index contributed by atoms with van der Waals surface area (Å²) < 4.78 is 47.1. The van der Waals surface area contributed by atoms with Crippen molar-refractivity contribution >= 4 is 11.8 Å². The van der Waals surface area contributed by atoms with E-state index in [1.807, 2.05) is 0 Å². The van der Waals surface area contributed by atoms with Crippen molar-refractivity contribution in [2.45, 2.75) is 43.7 Å². The molecule has 2 aliphatic carbocycles. The Morgan fingerprint density at radius 3 is 2.62 bits per heavy atom. The van der Waals surface area contributed by atoms with E-state index in [9.17, 15) is 22.8 Å². The van der Waals surface area contributed by atoms with Gasteiger partial charge in [0.05, 0.1) is 17.0 Å². The first kappa shape index (κ1) is 25.5. The molecule has 11 heteroatoms. The zero-order chi connectivity index (χ0) is 27.1. The maximum absolute atomic E-state index is 14.5. The number of benzene rings is 1. The first-order valence-electron chi connectivity index (χ1n) is 13.2. The predicted molar refractivity (Wildman–Crippen MR) is 134 cm³/mol. The molecule has 8 nitrogen and oxygen atoms in total. The fourth-order valence-electron chi connectivity index (χ4n) is 5.34. The molecular weight excluding hydrogens is 511 g/mol. The highest BCUT2D eigenvalue weighted by molar-refractivity contribution is 5.94. The Kier molecular flexibility index (Phi) is 6.62. The summed E-state index contributed by atoms with van der Waals surface area (Å²) in [4.78, 5) is 33.2. The van der Waals surface area contributed by atoms with Crippen LogP contribution in [0.25, 0.3) is 11.3 Å². The number of hydrogen-bond donors (Lipinski definition) is 2. The van der Waals surface area contributed by atoms with E-state index in [2.05, 4.69) is 25.7 Å². The molecule has 2 saturated carbocycles. The Labute approximate surface area is 223 Å². The Hall–Kier alpha value is -3.73. The summed E-state index contributed by atoms with van der Waals surface area (Å²) in [6.45, 7) is 2.08. The molecule has 2 amide bonds. The summed E-state index contributed by atoms with van der Waals surface area (Å²) in [5, 5.41) is 9.71. The predicted octanol–water partition coefficient (Wildman–Crippen LogP) is 3.79. The average Bonchev–Trinajstić information content (AvgIpc) is 3.83. The van der Waals surface area contributed by atoms with Crippen molar-refractivity contribution in [2.75, 3.05) is 19.6 Å². The van der Waals surface area contributed by atoms with E-state index < -0.39 is 40.9 Å². The zero-order valence-electron chi connectivity index (χ0n) is 21.1. The Bertz CT molecular complexity index is 1400. The molecule has 3 aromatic rings. The minimum Gasteiger partial charge on any atom is -0.355 e. The molecule has 0 bridgehead atoms. The summed E-state index contributed by atoms with van der Waals surface area (Å²) >= 11 is 0. The van der Waals surface area contributed by atoms with Crippen molar-refractivity contribution in [3.05, 3.63) is 71.4 Å². The first-order chi connectivity index (χ1) is 18.8. The van der Waals surface area contributed by atoms with Crippen LogP contribution in [0.1, 0.15) is 48.3 Å². The summed E-state index contributed by atoms with van der Waals surface area (Å²) in [5.41, 5.74) is -0.712. The SMILES string of the molecule is O=C(N[C@H]1CCN(CC2CC2)C[C@@H]1C(=O)NC1(c2ncccc2F)CC1)c1cc(-c2ccc(F)cc2F)on1. The molecule has 3 heterocycles. The lowest BCUT2D eigenvalue weighted by Crippen LogP contribution is -2.57. The molecule has 2 aromatic heterocycles. The minimum absolute atomic E-state index is 0.0146. The van der Waals surface area contributed by atoms with Gasteiger partial charge in [0.2, 0.25) is 5.91 Å². The van der Waals surface area contributed by atoms with E-state index >= 15 is 0 Å². The fourth-order valence-corrected chi connectivity index (χ4v) is 5.34. The Morgan fingerprint density at radius 2 is 1.90 bits per heavy atom. The molecule has 1 aromatic carbocycles. The van der Waals surface area contributed by atoms with Crippen LogP contribution in [-0.2, 0) is 10.3 Å². The van der Waals surface area contributed by atoms with Gasteiger partial charge in [-0.15, -0.1) is 0 Å². The maximum Gasteiger partial charge on any atom is 0.273 e. The molecule has 204 valence electrons. The van der Waals surface area contributed by atoms with Crippen molar-refractivity contribution in [2.24, 2.45) is 11.8 Å². The number of nitrogens with zero attached hydrogens (tertiary/aromatic N) is 3. The molecule has 2 N–H and O–H groups in total. The number of piperidine rings is 1. The number of hydrogen-bond acceptors (Lipinski definition) is 6. The molecule has 0 unspecified atom stereocenters. The summed E-state index contributed by atoms with van der Waals surface area (Å²) in [6.07, 6.45) is 5.58. The van der Waals surface area contributed by atoms with E-state index in [0.717, 1.165) is 25.2 Å². The molecule has 6 rings (SSSR count). The topological polar surface area (TPSA) is 100 Å². The fraction of sp³-hybridized carbons (Fsp3) is 0.429. The van der Waals surface area contributed by atoms with Gasteiger partial charge in [-0.05, 0) is 62.3 Å². The lowest BCUT2D eigenvalue weighted by Gasteiger charge is -2.38. The van der Waals surface area contributed by atoms with Crippen molar-refractivity contribution in [3.63, 3.8) is 0 Å². The smallest absolute Gasteiger partial charge is 0.273 e. The second kappa shape index (κ2) is 10.1. The van der Waals surface area contributed by atoms with Crippen molar-refractivity contribution in [3.8, 4) is 11.3 Å². The van der Waals surface area contributed by atoms with Crippen LogP contribution < -0.4 is 10.6 Å². The van der Waals surface area contributed by atoms with Crippen LogP contribution in [0, 0.1) is 29.3 Å².